The van der Waals surface area contributed by atoms with E-state index in [2.05, 4.69) is 41.0 Å². The van der Waals surface area contributed by atoms with Crippen LogP contribution in [0.25, 0.3) is 10.9 Å². The summed E-state index contributed by atoms with van der Waals surface area (Å²) in [6, 6.07) is 7.67. The average Bonchev–Trinajstić information content (AvgIpc) is 2.51. The van der Waals surface area contributed by atoms with Crippen LogP contribution < -0.4 is 10.9 Å². The molecule has 0 aliphatic rings. The molecule has 0 saturated heterocycles. The minimum absolute atomic E-state index is 0.0940. The summed E-state index contributed by atoms with van der Waals surface area (Å²) in [4.78, 5) is 21.7. The highest BCUT2D eigenvalue weighted by Gasteiger charge is 2.07. The molecule has 0 saturated carbocycles. The van der Waals surface area contributed by atoms with Gasteiger partial charge in [-0.1, -0.05) is 26.0 Å². The molecule has 5 nitrogen and oxygen atoms in total. The van der Waals surface area contributed by atoms with Gasteiger partial charge in [0.1, 0.15) is 0 Å². The topological polar surface area (TPSA) is 61.0 Å². The van der Waals surface area contributed by atoms with Gasteiger partial charge in [0.15, 0.2) is 0 Å². The number of anilines is 1. The molecule has 0 spiro atoms. The Morgan fingerprint density at radius 1 is 1.27 bits per heavy atom. The Labute approximate surface area is 131 Å². The number of hydrogen-bond donors (Lipinski definition) is 2. The molecule has 2 rings (SSSR count). The van der Waals surface area contributed by atoms with Gasteiger partial charge >= 0.3 is 0 Å². The minimum atomic E-state index is -0.0940. The molecular weight excluding hydrogens is 276 g/mol. The Balaban J connectivity index is 1.94. The predicted molar refractivity (Wildman–Crippen MR) is 92.5 cm³/mol. The Hall–Kier alpha value is -1.88. The van der Waals surface area contributed by atoms with Crippen LogP contribution in [0.1, 0.15) is 33.6 Å². The van der Waals surface area contributed by atoms with Crippen LogP contribution in [-0.2, 0) is 0 Å². The lowest BCUT2D eigenvalue weighted by Crippen LogP contribution is -2.26. The third-order valence-electron chi connectivity index (χ3n) is 4.00. The van der Waals surface area contributed by atoms with Crippen molar-refractivity contribution in [3.63, 3.8) is 0 Å². The Bertz CT molecular complexity index is 648. The highest BCUT2D eigenvalue weighted by molar-refractivity contribution is 5.78. The molecule has 1 aromatic carbocycles. The van der Waals surface area contributed by atoms with E-state index in [1.807, 2.05) is 18.2 Å². The van der Waals surface area contributed by atoms with E-state index in [9.17, 15) is 4.79 Å². The largest absolute Gasteiger partial charge is 0.353 e. The van der Waals surface area contributed by atoms with E-state index in [0.717, 1.165) is 38.0 Å². The lowest BCUT2D eigenvalue weighted by atomic mass is 10.2. The number of aromatic nitrogens is 2. The first kappa shape index (κ1) is 16.5. The maximum atomic E-state index is 12.0. The van der Waals surface area contributed by atoms with Crippen LogP contribution in [0, 0.1) is 0 Å². The molecule has 1 heterocycles. The van der Waals surface area contributed by atoms with E-state index in [-0.39, 0.29) is 11.6 Å². The molecule has 2 N–H and O–H groups in total. The van der Waals surface area contributed by atoms with E-state index in [1.54, 1.807) is 6.07 Å². The fourth-order valence-corrected chi connectivity index (χ4v) is 2.62. The van der Waals surface area contributed by atoms with Gasteiger partial charge in [-0.25, -0.2) is 4.98 Å². The summed E-state index contributed by atoms with van der Waals surface area (Å²) in [6.45, 7) is 9.80. The Kier molecular flexibility index (Phi) is 5.95. The second kappa shape index (κ2) is 7.94. The molecule has 5 heteroatoms. The molecule has 22 heavy (non-hydrogen) atoms. The summed E-state index contributed by atoms with van der Waals surface area (Å²) in [5.74, 6) is 0.555. The fourth-order valence-electron chi connectivity index (χ4n) is 2.62. The maximum Gasteiger partial charge on any atom is 0.260 e. The average molecular weight is 302 g/mol. The van der Waals surface area contributed by atoms with Crippen molar-refractivity contribution >= 4 is 16.9 Å². The van der Waals surface area contributed by atoms with E-state index in [0.29, 0.717) is 11.3 Å². The molecule has 0 aliphatic heterocycles. The number of aromatic amines is 1. The van der Waals surface area contributed by atoms with Gasteiger partial charge < -0.3 is 10.2 Å². The van der Waals surface area contributed by atoms with E-state index >= 15 is 0 Å². The quantitative estimate of drug-likeness (QED) is 0.787. The lowest BCUT2D eigenvalue weighted by Gasteiger charge is -2.20. The monoisotopic (exact) mass is 302 g/mol. The van der Waals surface area contributed by atoms with Crippen LogP contribution in [-0.4, -0.2) is 40.5 Å². The number of rotatable bonds is 8. The van der Waals surface area contributed by atoms with Gasteiger partial charge in [-0.15, -0.1) is 0 Å². The Morgan fingerprint density at radius 3 is 2.73 bits per heavy atom. The van der Waals surface area contributed by atoms with Crippen LogP contribution in [0.2, 0.25) is 0 Å². The van der Waals surface area contributed by atoms with Crippen molar-refractivity contribution in [1.29, 1.82) is 0 Å². The van der Waals surface area contributed by atoms with Crippen molar-refractivity contribution < 1.29 is 0 Å². The second-order valence-electron chi connectivity index (χ2n) is 5.65. The molecular formula is C17H26N4O. The summed E-state index contributed by atoms with van der Waals surface area (Å²) in [5, 5.41) is 3.93. The number of nitrogens with one attached hydrogen (secondary N) is 2. The molecule has 0 bridgehead atoms. The van der Waals surface area contributed by atoms with Gasteiger partial charge in [0, 0.05) is 6.04 Å². The number of nitrogens with zero attached hydrogens (tertiary/aromatic N) is 2. The summed E-state index contributed by atoms with van der Waals surface area (Å²) in [6.07, 6.45) is 2.18. The van der Waals surface area contributed by atoms with Gasteiger partial charge in [0.05, 0.1) is 10.9 Å². The van der Waals surface area contributed by atoms with Crippen LogP contribution in [0.5, 0.6) is 0 Å². The minimum Gasteiger partial charge on any atom is -0.353 e. The van der Waals surface area contributed by atoms with Crippen molar-refractivity contribution in [1.82, 2.24) is 14.9 Å². The zero-order chi connectivity index (χ0) is 15.9. The van der Waals surface area contributed by atoms with Gasteiger partial charge in [-0.2, -0.15) is 0 Å². The smallest absolute Gasteiger partial charge is 0.260 e. The van der Waals surface area contributed by atoms with Gasteiger partial charge in [0.2, 0.25) is 5.95 Å². The number of fused-ring (bicyclic) bond motifs is 1. The third-order valence-corrected chi connectivity index (χ3v) is 4.00. The van der Waals surface area contributed by atoms with Crippen LogP contribution in [0.15, 0.2) is 29.1 Å². The van der Waals surface area contributed by atoms with Gasteiger partial charge in [0.25, 0.3) is 5.56 Å². The first-order chi connectivity index (χ1) is 10.6. The molecule has 0 fully saturated rings. The normalized spacial score (nSPS) is 12.7. The summed E-state index contributed by atoms with van der Waals surface area (Å²) >= 11 is 0. The zero-order valence-electron chi connectivity index (χ0n) is 13.7. The molecule has 0 aliphatic carbocycles. The summed E-state index contributed by atoms with van der Waals surface area (Å²) in [5.41, 5.74) is 0.632. The molecule has 2 aromatic rings. The van der Waals surface area contributed by atoms with Gasteiger partial charge in [-0.05, 0) is 51.5 Å². The molecule has 0 amide bonds. The second-order valence-corrected chi connectivity index (χ2v) is 5.65. The standard InChI is InChI=1S/C17H26N4O/c1-4-21(5-2)12-8-9-13(3)18-17-19-15-11-7-6-10-14(15)16(22)20-17/h6-7,10-11,13H,4-5,8-9,12H2,1-3H3,(H2,18,19,20,22)/t13-/m1/s1. The highest BCUT2D eigenvalue weighted by atomic mass is 16.1. The number of H-pyrrole nitrogens is 1. The summed E-state index contributed by atoms with van der Waals surface area (Å²) in [7, 11) is 0. The molecule has 120 valence electrons. The van der Waals surface area contributed by atoms with Crippen LogP contribution >= 0.6 is 0 Å². The highest BCUT2D eigenvalue weighted by Crippen LogP contribution is 2.10. The van der Waals surface area contributed by atoms with E-state index in [4.69, 9.17) is 0 Å². The fraction of sp³-hybridized carbons (Fsp3) is 0.529. The molecule has 0 radical (unpaired) electrons. The number of para-hydroxylation sites is 1. The van der Waals surface area contributed by atoms with Crippen molar-refractivity contribution in [2.75, 3.05) is 25.0 Å². The van der Waals surface area contributed by atoms with Crippen molar-refractivity contribution in [3.8, 4) is 0 Å². The molecule has 1 atom stereocenters. The van der Waals surface area contributed by atoms with E-state index in [1.165, 1.54) is 0 Å². The van der Waals surface area contributed by atoms with Gasteiger partial charge in [-0.3, -0.25) is 9.78 Å². The Morgan fingerprint density at radius 2 is 2.00 bits per heavy atom. The number of hydrogen-bond acceptors (Lipinski definition) is 4. The molecule has 0 unspecified atom stereocenters. The van der Waals surface area contributed by atoms with Crippen LogP contribution in [0.4, 0.5) is 5.95 Å². The first-order valence-corrected chi connectivity index (χ1v) is 8.12. The van der Waals surface area contributed by atoms with Crippen molar-refractivity contribution in [2.45, 2.75) is 39.7 Å². The lowest BCUT2D eigenvalue weighted by molar-refractivity contribution is 0.295. The predicted octanol–water partition coefficient (Wildman–Crippen LogP) is 2.85. The van der Waals surface area contributed by atoms with Crippen molar-refractivity contribution in [3.05, 3.63) is 34.6 Å². The first-order valence-electron chi connectivity index (χ1n) is 8.12. The SMILES string of the molecule is CCN(CC)CCC[C@@H](C)Nc1nc2ccccc2c(=O)[nH]1. The number of benzene rings is 1. The third kappa shape index (κ3) is 4.31. The maximum absolute atomic E-state index is 12.0. The van der Waals surface area contributed by atoms with Crippen LogP contribution in [0.3, 0.4) is 0 Å². The van der Waals surface area contributed by atoms with Crippen molar-refractivity contribution in [2.24, 2.45) is 0 Å². The summed E-state index contributed by atoms with van der Waals surface area (Å²) < 4.78 is 0. The van der Waals surface area contributed by atoms with E-state index < -0.39 is 0 Å². The molecule has 1 aromatic heterocycles. The zero-order valence-corrected chi connectivity index (χ0v) is 13.7.